The van der Waals surface area contributed by atoms with Crippen molar-refractivity contribution in [2.45, 2.75) is 25.8 Å². The highest BCUT2D eigenvalue weighted by Crippen LogP contribution is 2.33. The van der Waals surface area contributed by atoms with Crippen LogP contribution in [0.25, 0.3) is 0 Å². The maximum Gasteiger partial charge on any atom is 0.420 e. The van der Waals surface area contributed by atoms with Gasteiger partial charge in [-0.1, -0.05) is 31.6 Å². The smallest absolute Gasteiger partial charge is 0.206 e. The zero-order chi connectivity index (χ0) is 13.3. The van der Waals surface area contributed by atoms with Crippen molar-refractivity contribution in [2.75, 3.05) is 0 Å². The van der Waals surface area contributed by atoms with Crippen molar-refractivity contribution in [3.63, 3.8) is 0 Å². The van der Waals surface area contributed by atoms with Crippen molar-refractivity contribution in [3.8, 4) is 11.5 Å². The summed E-state index contributed by atoms with van der Waals surface area (Å²) in [6.45, 7) is 5.73. The van der Waals surface area contributed by atoms with E-state index in [0.29, 0.717) is 0 Å². The topological polar surface area (TPSA) is 0 Å². The van der Waals surface area contributed by atoms with Gasteiger partial charge in [-0.15, -0.1) is 5.54 Å². The Bertz CT molecular complexity index is 472. The second-order valence-corrected chi connectivity index (χ2v) is 9.41. The van der Waals surface area contributed by atoms with Crippen LogP contribution in [0.15, 0.2) is 18.2 Å². The van der Waals surface area contributed by atoms with Crippen LogP contribution in [-0.2, 0) is 6.18 Å². The van der Waals surface area contributed by atoms with Gasteiger partial charge in [0, 0.05) is 5.56 Å². The Kier molecular flexibility index (Phi) is 3.67. The minimum atomic E-state index is -4.71. The van der Waals surface area contributed by atoms with Crippen molar-refractivity contribution < 1.29 is 17.6 Å². The molecule has 1 aromatic rings. The summed E-state index contributed by atoms with van der Waals surface area (Å²) in [7, 11) is -1.79. The molecule has 0 aliphatic rings. The first-order valence-corrected chi connectivity index (χ1v) is 8.50. The van der Waals surface area contributed by atoms with Crippen LogP contribution < -0.4 is 0 Å². The summed E-state index contributed by atoms with van der Waals surface area (Å²) in [4.78, 5) is 0. The van der Waals surface area contributed by atoms with Crippen LogP contribution in [0.3, 0.4) is 0 Å². The number of hydrogen-bond acceptors (Lipinski definition) is 0. The molecule has 0 spiro atoms. The average Bonchev–Trinajstić information content (AvgIpc) is 2.11. The van der Waals surface area contributed by atoms with Crippen LogP contribution in [0.4, 0.5) is 17.6 Å². The predicted octanol–water partition coefficient (Wildman–Crippen LogP) is 4.07. The molecule has 0 N–H and O–H groups in total. The van der Waals surface area contributed by atoms with Crippen LogP contribution in [-0.4, -0.2) is 8.07 Å². The lowest BCUT2D eigenvalue weighted by molar-refractivity contribution is -0.140. The molecular formula is C12H12F4Si. The largest absolute Gasteiger partial charge is 0.420 e. The van der Waals surface area contributed by atoms with E-state index in [9.17, 15) is 17.6 Å². The number of halogens is 4. The van der Waals surface area contributed by atoms with Gasteiger partial charge in [-0.3, -0.25) is 0 Å². The molecule has 0 aliphatic heterocycles. The molecule has 0 amide bonds. The minimum absolute atomic E-state index is 0.292. The Morgan fingerprint density at radius 1 is 1.12 bits per heavy atom. The number of rotatable bonds is 0. The van der Waals surface area contributed by atoms with Gasteiger partial charge < -0.3 is 0 Å². The van der Waals surface area contributed by atoms with Crippen LogP contribution in [0, 0.1) is 17.3 Å². The minimum Gasteiger partial charge on any atom is -0.206 e. The SMILES string of the molecule is C[Si](C)(C)C#Cc1cccc(F)c1C(F)(F)F. The molecule has 92 valence electrons. The summed E-state index contributed by atoms with van der Waals surface area (Å²) in [5.41, 5.74) is 1.24. The lowest BCUT2D eigenvalue weighted by Gasteiger charge is -2.10. The fourth-order valence-corrected chi connectivity index (χ4v) is 1.68. The summed E-state index contributed by atoms with van der Waals surface area (Å²) in [6.07, 6.45) is -4.71. The van der Waals surface area contributed by atoms with Gasteiger partial charge in [0.25, 0.3) is 0 Å². The highest BCUT2D eigenvalue weighted by molar-refractivity contribution is 6.83. The quantitative estimate of drug-likeness (QED) is 0.375. The monoisotopic (exact) mass is 260 g/mol. The Balaban J connectivity index is 3.34. The number of alkyl halides is 3. The molecule has 17 heavy (non-hydrogen) atoms. The zero-order valence-electron chi connectivity index (χ0n) is 9.74. The van der Waals surface area contributed by atoms with Gasteiger partial charge in [0.05, 0.1) is 0 Å². The van der Waals surface area contributed by atoms with E-state index >= 15 is 0 Å². The van der Waals surface area contributed by atoms with E-state index in [-0.39, 0.29) is 5.56 Å². The van der Waals surface area contributed by atoms with Crippen LogP contribution in [0.1, 0.15) is 11.1 Å². The molecule has 0 fully saturated rings. The summed E-state index contributed by atoms with van der Waals surface area (Å²) in [5, 5.41) is 0. The normalized spacial score (nSPS) is 11.9. The molecule has 0 nitrogen and oxygen atoms in total. The Hall–Kier alpha value is -1.28. The molecule has 0 heterocycles. The molecule has 0 aromatic heterocycles. The fraction of sp³-hybridized carbons (Fsp3) is 0.333. The van der Waals surface area contributed by atoms with Crippen molar-refractivity contribution in [1.29, 1.82) is 0 Å². The first-order chi connectivity index (χ1) is 7.61. The Morgan fingerprint density at radius 3 is 2.18 bits per heavy atom. The molecule has 0 bridgehead atoms. The van der Waals surface area contributed by atoms with Crippen molar-refractivity contribution in [3.05, 3.63) is 35.1 Å². The summed E-state index contributed by atoms with van der Waals surface area (Å²) < 4.78 is 51.1. The van der Waals surface area contributed by atoms with Crippen molar-refractivity contribution in [1.82, 2.24) is 0 Å². The van der Waals surface area contributed by atoms with E-state index in [4.69, 9.17) is 0 Å². The molecule has 1 aromatic carbocycles. The third kappa shape index (κ3) is 3.90. The van der Waals surface area contributed by atoms with Gasteiger partial charge in [-0.05, 0) is 12.1 Å². The first kappa shape index (κ1) is 13.8. The Morgan fingerprint density at radius 2 is 1.71 bits per heavy atom. The van der Waals surface area contributed by atoms with E-state index in [0.717, 1.165) is 6.07 Å². The first-order valence-electron chi connectivity index (χ1n) is 5.00. The highest BCUT2D eigenvalue weighted by Gasteiger charge is 2.36. The molecule has 0 aliphatic carbocycles. The number of benzene rings is 1. The predicted molar refractivity (Wildman–Crippen MR) is 61.6 cm³/mol. The molecule has 0 unspecified atom stereocenters. The van der Waals surface area contributed by atoms with Crippen LogP contribution in [0.5, 0.6) is 0 Å². The molecule has 0 saturated heterocycles. The van der Waals surface area contributed by atoms with Crippen molar-refractivity contribution in [2.24, 2.45) is 0 Å². The van der Waals surface area contributed by atoms with E-state index in [1.165, 1.54) is 12.1 Å². The van der Waals surface area contributed by atoms with Crippen LogP contribution >= 0.6 is 0 Å². The summed E-state index contributed by atoms with van der Waals surface area (Å²) >= 11 is 0. The van der Waals surface area contributed by atoms with E-state index < -0.39 is 25.6 Å². The maximum atomic E-state index is 13.2. The fourth-order valence-electron chi connectivity index (χ4n) is 1.17. The van der Waals surface area contributed by atoms with Crippen LogP contribution in [0.2, 0.25) is 19.6 Å². The lowest BCUT2D eigenvalue weighted by Crippen LogP contribution is -2.17. The van der Waals surface area contributed by atoms with Gasteiger partial charge in [-0.25, -0.2) is 4.39 Å². The maximum absolute atomic E-state index is 13.2. The molecule has 0 radical (unpaired) electrons. The van der Waals surface area contributed by atoms with Gasteiger partial charge in [0.15, 0.2) is 0 Å². The molecule has 5 heteroatoms. The third-order valence-corrected chi connectivity index (χ3v) is 2.74. The molecule has 0 atom stereocenters. The lowest BCUT2D eigenvalue weighted by atomic mass is 10.1. The van der Waals surface area contributed by atoms with Gasteiger partial charge >= 0.3 is 6.18 Å². The van der Waals surface area contributed by atoms with E-state index in [1.54, 1.807) is 0 Å². The van der Waals surface area contributed by atoms with E-state index in [1.807, 2.05) is 19.6 Å². The summed E-state index contributed by atoms with van der Waals surface area (Å²) in [5.74, 6) is 1.17. The molecule has 1 rings (SSSR count). The van der Waals surface area contributed by atoms with Crippen molar-refractivity contribution >= 4 is 8.07 Å². The van der Waals surface area contributed by atoms with Gasteiger partial charge in [-0.2, -0.15) is 13.2 Å². The molecule has 0 saturated carbocycles. The zero-order valence-corrected chi connectivity index (χ0v) is 10.7. The van der Waals surface area contributed by atoms with Gasteiger partial charge in [0.1, 0.15) is 19.5 Å². The highest BCUT2D eigenvalue weighted by atomic mass is 28.3. The Labute approximate surface area is 98.7 Å². The van der Waals surface area contributed by atoms with Gasteiger partial charge in [0.2, 0.25) is 0 Å². The molecular weight excluding hydrogens is 248 g/mol. The summed E-state index contributed by atoms with van der Waals surface area (Å²) in [6, 6.07) is 3.22. The second kappa shape index (κ2) is 4.53. The number of hydrogen-bond donors (Lipinski definition) is 0. The average molecular weight is 260 g/mol. The second-order valence-electron chi connectivity index (χ2n) is 4.66. The third-order valence-electron chi connectivity index (χ3n) is 1.87. The van der Waals surface area contributed by atoms with E-state index in [2.05, 4.69) is 11.5 Å². The standard InChI is InChI=1S/C12H12F4Si/c1-17(2,3)8-7-9-5-4-6-10(13)11(9)12(14,15)16/h4-6H,1-3H3.